The fourth-order valence-corrected chi connectivity index (χ4v) is 4.16. The van der Waals surface area contributed by atoms with Crippen molar-refractivity contribution in [2.45, 2.75) is 39.5 Å². The number of benzene rings is 1. The Morgan fingerprint density at radius 2 is 2.00 bits per heavy atom. The van der Waals surface area contributed by atoms with Crippen LogP contribution in [0.1, 0.15) is 45.1 Å². The molecule has 1 atom stereocenters. The summed E-state index contributed by atoms with van der Waals surface area (Å²) in [5, 5.41) is 10.0. The van der Waals surface area contributed by atoms with Gasteiger partial charge in [-0.1, -0.05) is 25.4 Å². The number of ether oxygens (including phenoxy) is 3. The number of amides is 1. The van der Waals surface area contributed by atoms with E-state index in [0.717, 1.165) is 0 Å². The summed E-state index contributed by atoms with van der Waals surface area (Å²) in [5.41, 5.74) is 11.9. The number of nitrogens with zero attached hydrogens (tertiary/aromatic N) is 1. The number of carbonyl (C=O) groups excluding carboxylic acids is 2. The van der Waals surface area contributed by atoms with Gasteiger partial charge >= 0.3 is 0 Å². The summed E-state index contributed by atoms with van der Waals surface area (Å²) in [7, 11) is 0. The number of ketones is 1. The standard InChI is InChI=1S/C22H24ClN3O5/c1-4-29-15-5-11(13(23)6-16(15)30-10-18(25)28)19-12(9-24)21(26)31-17-8-22(2,3)7-14(27)20(17)19/h5-6,19H,4,7-8,10,26H2,1-3H3,(H2,25,28)/t19-/m1/s1. The van der Waals surface area contributed by atoms with Crippen molar-refractivity contribution < 1.29 is 23.8 Å². The van der Waals surface area contributed by atoms with E-state index in [4.69, 9.17) is 37.3 Å². The molecule has 0 radical (unpaired) electrons. The maximum absolute atomic E-state index is 13.1. The van der Waals surface area contributed by atoms with Gasteiger partial charge in [-0.3, -0.25) is 9.59 Å². The molecule has 3 rings (SSSR count). The Morgan fingerprint density at radius 1 is 1.32 bits per heavy atom. The lowest BCUT2D eigenvalue weighted by Crippen LogP contribution is -2.33. The summed E-state index contributed by atoms with van der Waals surface area (Å²) < 4.78 is 16.8. The number of carbonyl (C=O) groups is 2. The maximum atomic E-state index is 13.1. The van der Waals surface area contributed by atoms with Gasteiger partial charge in [0.05, 0.1) is 12.5 Å². The van der Waals surface area contributed by atoms with Crippen LogP contribution in [0.2, 0.25) is 5.02 Å². The van der Waals surface area contributed by atoms with Gasteiger partial charge in [0, 0.05) is 29.5 Å². The molecule has 0 fully saturated rings. The number of hydrogen-bond donors (Lipinski definition) is 2. The van der Waals surface area contributed by atoms with Crippen molar-refractivity contribution in [3.05, 3.63) is 45.5 Å². The van der Waals surface area contributed by atoms with Gasteiger partial charge in [0.15, 0.2) is 23.9 Å². The van der Waals surface area contributed by atoms with Gasteiger partial charge in [-0.25, -0.2) is 0 Å². The molecule has 1 aliphatic heterocycles. The molecule has 0 unspecified atom stereocenters. The quantitative estimate of drug-likeness (QED) is 0.686. The summed E-state index contributed by atoms with van der Waals surface area (Å²) in [6.07, 6.45) is 0.805. The van der Waals surface area contributed by atoms with Crippen LogP contribution >= 0.6 is 11.6 Å². The second kappa shape index (κ2) is 8.52. The Morgan fingerprint density at radius 3 is 2.61 bits per heavy atom. The predicted molar refractivity (Wildman–Crippen MR) is 113 cm³/mol. The van der Waals surface area contributed by atoms with Gasteiger partial charge in [0.1, 0.15) is 17.4 Å². The highest BCUT2D eigenvalue weighted by molar-refractivity contribution is 6.31. The fourth-order valence-electron chi connectivity index (χ4n) is 3.90. The maximum Gasteiger partial charge on any atom is 0.255 e. The van der Waals surface area contributed by atoms with Gasteiger partial charge in [0.25, 0.3) is 5.91 Å². The van der Waals surface area contributed by atoms with Gasteiger partial charge < -0.3 is 25.7 Å². The molecule has 1 aromatic rings. The molecule has 8 nitrogen and oxygen atoms in total. The zero-order valence-corrected chi connectivity index (χ0v) is 18.3. The van der Waals surface area contributed by atoms with Crippen LogP contribution in [0.3, 0.4) is 0 Å². The Labute approximate surface area is 185 Å². The predicted octanol–water partition coefficient (Wildman–Crippen LogP) is 3.05. The van der Waals surface area contributed by atoms with Crippen molar-refractivity contribution in [1.82, 2.24) is 0 Å². The highest BCUT2D eigenvalue weighted by Gasteiger charge is 2.43. The smallest absolute Gasteiger partial charge is 0.255 e. The van der Waals surface area contributed by atoms with E-state index in [-0.39, 0.29) is 40.0 Å². The fraction of sp³-hybridized carbons (Fsp3) is 0.409. The third-order valence-corrected chi connectivity index (χ3v) is 5.45. The molecule has 1 aliphatic carbocycles. The highest BCUT2D eigenvalue weighted by atomic mass is 35.5. The number of halogens is 1. The van der Waals surface area contributed by atoms with E-state index in [1.807, 2.05) is 13.8 Å². The lowest BCUT2D eigenvalue weighted by molar-refractivity contribution is -0.120. The van der Waals surface area contributed by atoms with E-state index in [9.17, 15) is 14.9 Å². The average Bonchev–Trinajstić information content (AvgIpc) is 2.66. The third-order valence-electron chi connectivity index (χ3n) is 5.12. The van der Waals surface area contributed by atoms with E-state index in [2.05, 4.69) is 6.07 Å². The normalized spacial score (nSPS) is 20.0. The molecule has 2 aliphatic rings. The zero-order valence-electron chi connectivity index (χ0n) is 17.6. The topological polar surface area (TPSA) is 138 Å². The minimum absolute atomic E-state index is 0.0557. The molecule has 0 aromatic heterocycles. The van der Waals surface area contributed by atoms with Crippen molar-refractivity contribution in [3.8, 4) is 17.6 Å². The molecule has 0 spiro atoms. The Bertz CT molecular complexity index is 1050. The molecule has 9 heteroatoms. The van der Waals surface area contributed by atoms with Crippen LogP contribution in [0.25, 0.3) is 0 Å². The Hall–Kier alpha value is -3.18. The lowest BCUT2D eigenvalue weighted by Gasteiger charge is -2.37. The van der Waals surface area contributed by atoms with Crippen molar-refractivity contribution in [3.63, 3.8) is 0 Å². The number of rotatable bonds is 6. The minimum Gasteiger partial charge on any atom is -0.490 e. The molecule has 0 bridgehead atoms. The van der Waals surface area contributed by atoms with Crippen molar-refractivity contribution >= 4 is 23.3 Å². The van der Waals surface area contributed by atoms with E-state index < -0.39 is 11.8 Å². The van der Waals surface area contributed by atoms with Gasteiger partial charge in [0.2, 0.25) is 5.88 Å². The van der Waals surface area contributed by atoms with Crippen LogP contribution in [0.5, 0.6) is 11.5 Å². The summed E-state index contributed by atoms with van der Waals surface area (Å²) in [6, 6.07) is 5.13. The molecule has 1 aromatic carbocycles. The molecule has 0 saturated heterocycles. The van der Waals surface area contributed by atoms with Crippen molar-refractivity contribution in [2.24, 2.45) is 16.9 Å². The second-order valence-electron chi connectivity index (χ2n) is 8.21. The van der Waals surface area contributed by atoms with Crippen LogP contribution < -0.4 is 20.9 Å². The first kappa shape index (κ1) is 22.5. The largest absolute Gasteiger partial charge is 0.490 e. The van der Waals surface area contributed by atoms with Gasteiger partial charge in [-0.05, 0) is 24.0 Å². The van der Waals surface area contributed by atoms with E-state index in [1.165, 1.54) is 6.07 Å². The van der Waals surface area contributed by atoms with Crippen LogP contribution in [0.15, 0.2) is 34.9 Å². The lowest BCUT2D eigenvalue weighted by atomic mass is 9.70. The molecule has 164 valence electrons. The number of Topliss-reactive ketones (excluding diaryl/α,β-unsaturated/α-hetero) is 1. The van der Waals surface area contributed by atoms with Crippen LogP contribution in [0, 0.1) is 16.7 Å². The van der Waals surface area contributed by atoms with Crippen LogP contribution in [0.4, 0.5) is 0 Å². The number of nitrogens with two attached hydrogens (primary N) is 2. The third kappa shape index (κ3) is 4.47. The van der Waals surface area contributed by atoms with Gasteiger partial charge in [-0.2, -0.15) is 5.26 Å². The SMILES string of the molecule is CCOc1cc([C@@H]2C(C#N)=C(N)OC3=C2C(=O)CC(C)(C)C3)c(Cl)cc1OCC(N)=O. The number of primary amides is 1. The Kier molecular flexibility index (Phi) is 6.18. The monoisotopic (exact) mass is 445 g/mol. The first-order valence-electron chi connectivity index (χ1n) is 9.79. The molecule has 4 N–H and O–H groups in total. The first-order chi connectivity index (χ1) is 14.6. The second-order valence-corrected chi connectivity index (χ2v) is 8.62. The summed E-state index contributed by atoms with van der Waals surface area (Å²) in [4.78, 5) is 24.2. The minimum atomic E-state index is -0.797. The summed E-state index contributed by atoms with van der Waals surface area (Å²) in [5.74, 6) is -0.655. The molecular weight excluding hydrogens is 422 g/mol. The molecular formula is C22H24ClN3O5. The zero-order chi connectivity index (χ0) is 22.9. The molecule has 1 heterocycles. The van der Waals surface area contributed by atoms with Crippen molar-refractivity contribution in [1.29, 1.82) is 5.26 Å². The van der Waals surface area contributed by atoms with Crippen molar-refractivity contribution in [2.75, 3.05) is 13.2 Å². The highest BCUT2D eigenvalue weighted by Crippen LogP contribution is 2.50. The Balaban J connectivity index is 2.17. The summed E-state index contributed by atoms with van der Waals surface area (Å²) in [6.45, 7) is 5.68. The van der Waals surface area contributed by atoms with Gasteiger partial charge in [-0.15, -0.1) is 0 Å². The number of hydrogen-bond acceptors (Lipinski definition) is 7. The van der Waals surface area contributed by atoms with E-state index in [1.54, 1.807) is 13.0 Å². The molecule has 1 amide bonds. The van der Waals surface area contributed by atoms with E-state index >= 15 is 0 Å². The molecule has 31 heavy (non-hydrogen) atoms. The number of allylic oxidation sites excluding steroid dienone is 3. The van der Waals surface area contributed by atoms with E-state index in [0.29, 0.717) is 42.1 Å². The molecule has 0 saturated carbocycles. The summed E-state index contributed by atoms with van der Waals surface area (Å²) >= 11 is 6.56. The van der Waals surface area contributed by atoms with Crippen LogP contribution in [-0.4, -0.2) is 24.9 Å². The number of nitriles is 1. The average molecular weight is 446 g/mol. The first-order valence-corrected chi connectivity index (χ1v) is 10.2. The van der Waals surface area contributed by atoms with Crippen LogP contribution in [-0.2, 0) is 14.3 Å².